The fourth-order valence-corrected chi connectivity index (χ4v) is 2.52. The lowest BCUT2D eigenvalue weighted by molar-refractivity contribution is -0.139. The lowest BCUT2D eigenvalue weighted by Crippen LogP contribution is -2.35. The van der Waals surface area contributed by atoms with Gasteiger partial charge in [0.05, 0.1) is 5.30 Å². The Morgan fingerprint density at radius 2 is 2.12 bits per heavy atom. The SMILES string of the molecule is O=C(O)C1NCCc2ccc(P(=O)(O)O)cc21. The molecule has 1 heterocycles. The highest BCUT2D eigenvalue weighted by atomic mass is 31.2. The minimum absolute atomic E-state index is 0.147. The van der Waals surface area contributed by atoms with E-state index in [-0.39, 0.29) is 5.30 Å². The lowest BCUT2D eigenvalue weighted by Gasteiger charge is -2.24. The summed E-state index contributed by atoms with van der Waals surface area (Å²) in [6, 6.07) is 3.32. The van der Waals surface area contributed by atoms with E-state index in [9.17, 15) is 9.36 Å². The molecule has 1 aliphatic rings. The van der Waals surface area contributed by atoms with Crippen molar-refractivity contribution in [1.82, 2.24) is 5.32 Å². The number of rotatable bonds is 2. The summed E-state index contributed by atoms with van der Waals surface area (Å²) in [4.78, 5) is 29.1. The minimum Gasteiger partial charge on any atom is -0.480 e. The number of carboxylic acid groups (broad SMARTS) is 1. The first-order valence-corrected chi connectivity index (χ1v) is 6.66. The van der Waals surface area contributed by atoms with E-state index in [0.717, 1.165) is 5.56 Å². The van der Waals surface area contributed by atoms with Gasteiger partial charge in [0.1, 0.15) is 6.04 Å². The maximum Gasteiger partial charge on any atom is 0.356 e. The third-order valence-corrected chi connectivity index (χ3v) is 3.72. The first kappa shape index (κ1) is 12.3. The van der Waals surface area contributed by atoms with Gasteiger partial charge in [-0.25, -0.2) is 0 Å². The number of fused-ring (bicyclic) bond motifs is 1. The van der Waals surface area contributed by atoms with E-state index in [1.807, 2.05) is 0 Å². The molecule has 92 valence electrons. The van der Waals surface area contributed by atoms with Crippen molar-refractivity contribution >= 4 is 18.9 Å². The molecule has 0 saturated carbocycles. The molecule has 1 unspecified atom stereocenters. The molecule has 17 heavy (non-hydrogen) atoms. The second-order valence-electron chi connectivity index (χ2n) is 3.90. The number of hydrogen-bond acceptors (Lipinski definition) is 3. The predicted octanol–water partition coefficient (Wildman–Crippen LogP) is -0.239. The van der Waals surface area contributed by atoms with Gasteiger partial charge in [-0.05, 0) is 29.7 Å². The standard InChI is InChI=1S/C10H12NO5P/c12-10(13)9-8-5-7(17(14,15)16)2-1-6(8)3-4-11-9/h1-2,5,9,11H,3-4H2,(H,12,13)(H2,14,15,16). The smallest absolute Gasteiger partial charge is 0.356 e. The molecule has 0 aliphatic carbocycles. The largest absolute Gasteiger partial charge is 0.480 e. The van der Waals surface area contributed by atoms with Crippen molar-refractivity contribution in [3.8, 4) is 0 Å². The molecule has 0 spiro atoms. The van der Waals surface area contributed by atoms with Gasteiger partial charge in [-0.1, -0.05) is 6.07 Å². The van der Waals surface area contributed by atoms with E-state index in [4.69, 9.17) is 14.9 Å². The van der Waals surface area contributed by atoms with Gasteiger partial charge in [-0.2, -0.15) is 0 Å². The van der Waals surface area contributed by atoms with Gasteiger partial charge in [0, 0.05) is 6.54 Å². The third-order valence-electron chi connectivity index (χ3n) is 2.77. The van der Waals surface area contributed by atoms with Crippen LogP contribution in [0.5, 0.6) is 0 Å². The van der Waals surface area contributed by atoms with Crippen LogP contribution in [0.3, 0.4) is 0 Å². The van der Waals surface area contributed by atoms with Crippen LogP contribution < -0.4 is 10.6 Å². The van der Waals surface area contributed by atoms with Gasteiger partial charge in [-0.15, -0.1) is 0 Å². The van der Waals surface area contributed by atoms with Crippen LogP contribution >= 0.6 is 7.60 Å². The van der Waals surface area contributed by atoms with Crippen LogP contribution in [0.25, 0.3) is 0 Å². The molecule has 1 atom stereocenters. The predicted molar refractivity (Wildman–Crippen MR) is 60.2 cm³/mol. The van der Waals surface area contributed by atoms with E-state index in [1.54, 1.807) is 6.07 Å². The Morgan fingerprint density at radius 1 is 1.41 bits per heavy atom. The highest BCUT2D eigenvalue weighted by Gasteiger charge is 2.28. The van der Waals surface area contributed by atoms with Gasteiger partial charge in [0.25, 0.3) is 0 Å². The zero-order chi connectivity index (χ0) is 12.6. The number of carbonyl (C=O) groups is 1. The van der Waals surface area contributed by atoms with E-state index in [2.05, 4.69) is 5.32 Å². The monoisotopic (exact) mass is 257 g/mol. The molecule has 7 heteroatoms. The number of hydrogen-bond donors (Lipinski definition) is 4. The van der Waals surface area contributed by atoms with Crippen molar-refractivity contribution in [2.45, 2.75) is 12.5 Å². The highest BCUT2D eigenvalue weighted by molar-refractivity contribution is 7.60. The van der Waals surface area contributed by atoms with Crippen LogP contribution in [0, 0.1) is 0 Å². The molecule has 0 saturated heterocycles. The average Bonchev–Trinajstić information content (AvgIpc) is 2.26. The molecule has 0 amide bonds. The number of carboxylic acids is 1. The van der Waals surface area contributed by atoms with E-state index >= 15 is 0 Å². The van der Waals surface area contributed by atoms with Crippen LogP contribution in [0.4, 0.5) is 0 Å². The maximum atomic E-state index is 11.1. The molecule has 0 radical (unpaired) electrons. The van der Waals surface area contributed by atoms with Crippen LogP contribution in [0.15, 0.2) is 18.2 Å². The quantitative estimate of drug-likeness (QED) is 0.545. The van der Waals surface area contributed by atoms with Crippen LogP contribution in [-0.4, -0.2) is 27.4 Å². The summed E-state index contributed by atoms with van der Waals surface area (Å²) in [6.45, 7) is 0.541. The normalized spacial score (nSPS) is 19.8. The number of benzene rings is 1. The van der Waals surface area contributed by atoms with Crippen LogP contribution in [0.1, 0.15) is 17.2 Å². The first-order chi connectivity index (χ1) is 7.89. The second kappa shape index (κ2) is 4.23. The topological polar surface area (TPSA) is 107 Å². The van der Waals surface area contributed by atoms with Crippen LogP contribution in [0.2, 0.25) is 0 Å². The van der Waals surface area contributed by atoms with Gasteiger partial charge in [0.2, 0.25) is 0 Å². The molecule has 1 aromatic carbocycles. The van der Waals surface area contributed by atoms with Crippen molar-refractivity contribution in [1.29, 1.82) is 0 Å². The summed E-state index contributed by atoms with van der Waals surface area (Å²) in [5.41, 5.74) is 1.25. The Labute approximate surface area is 97.4 Å². The summed E-state index contributed by atoms with van der Waals surface area (Å²) in [6.07, 6.45) is 0.653. The molecule has 6 nitrogen and oxygen atoms in total. The van der Waals surface area contributed by atoms with Crippen molar-refractivity contribution in [3.63, 3.8) is 0 Å². The van der Waals surface area contributed by atoms with Gasteiger partial charge in [-0.3, -0.25) is 9.36 Å². The summed E-state index contributed by atoms with van der Waals surface area (Å²) >= 11 is 0. The molecule has 0 aromatic heterocycles. The number of nitrogens with one attached hydrogen (secondary N) is 1. The summed E-state index contributed by atoms with van der Waals surface area (Å²) in [7, 11) is -4.34. The highest BCUT2D eigenvalue weighted by Crippen LogP contribution is 2.35. The zero-order valence-electron chi connectivity index (χ0n) is 8.83. The summed E-state index contributed by atoms with van der Waals surface area (Å²) < 4.78 is 11.1. The average molecular weight is 257 g/mol. The summed E-state index contributed by atoms with van der Waals surface area (Å²) in [5, 5.41) is 11.7. The molecule has 0 fully saturated rings. The minimum atomic E-state index is -4.34. The first-order valence-electron chi connectivity index (χ1n) is 5.05. The molecule has 1 aromatic rings. The van der Waals surface area contributed by atoms with Crippen LogP contribution in [-0.2, 0) is 15.8 Å². The number of aliphatic carboxylic acids is 1. The van der Waals surface area contributed by atoms with E-state index < -0.39 is 19.6 Å². The van der Waals surface area contributed by atoms with Crippen molar-refractivity contribution in [2.24, 2.45) is 0 Å². The Morgan fingerprint density at radius 3 is 2.71 bits per heavy atom. The Kier molecular flexibility index (Phi) is 3.05. The molecule has 2 rings (SSSR count). The van der Waals surface area contributed by atoms with Crippen molar-refractivity contribution in [3.05, 3.63) is 29.3 Å². The second-order valence-corrected chi connectivity index (χ2v) is 5.51. The molecular weight excluding hydrogens is 245 g/mol. The zero-order valence-corrected chi connectivity index (χ0v) is 9.72. The molecule has 1 aliphatic heterocycles. The van der Waals surface area contributed by atoms with E-state index in [0.29, 0.717) is 18.5 Å². The Bertz CT molecular complexity index is 509. The third kappa shape index (κ3) is 2.40. The lowest BCUT2D eigenvalue weighted by atomic mass is 9.94. The fraction of sp³-hybridized carbons (Fsp3) is 0.300. The Balaban J connectivity index is 2.52. The molecular formula is C10H12NO5P. The van der Waals surface area contributed by atoms with E-state index in [1.165, 1.54) is 12.1 Å². The molecule has 4 N–H and O–H groups in total. The van der Waals surface area contributed by atoms with Gasteiger partial charge in [0.15, 0.2) is 0 Å². The summed E-state index contributed by atoms with van der Waals surface area (Å²) in [5.74, 6) is -1.05. The fourth-order valence-electron chi connectivity index (χ4n) is 1.94. The van der Waals surface area contributed by atoms with Crippen molar-refractivity contribution < 1.29 is 24.3 Å². The maximum absolute atomic E-state index is 11.1. The Hall–Kier alpha value is -1.20. The van der Waals surface area contributed by atoms with Gasteiger partial charge >= 0.3 is 13.6 Å². The van der Waals surface area contributed by atoms with Crippen molar-refractivity contribution in [2.75, 3.05) is 6.54 Å². The van der Waals surface area contributed by atoms with Gasteiger partial charge < -0.3 is 20.2 Å². The molecule has 0 bridgehead atoms.